The summed E-state index contributed by atoms with van der Waals surface area (Å²) in [5.74, 6) is 0.905. The lowest BCUT2D eigenvalue weighted by atomic mass is 10.1. The number of likely N-dealkylation sites (N-methyl/N-ethyl adjacent to an activating group) is 1. The second-order valence-corrected chi connectivity index (χ2v) is 5.66. The van der Waals surface area contributed by atoms with Crippen molar-refractivity contribution in [1.82, 2.24) is 0 Å². The first-order chi connectivity index (χ1) is 9.69. The minimum Gasteiger partial charge on any atom is -0.492 e. The normalized spacial score (nSPS) is 10.3. The SMILES string of the molecule is CCc1ccc(N(C)CCOc2ccc(Br)cc2)cc1. The molecule has 2 aromatic rings. The van der Waals surface area contributed by atoms with Crippen molar-refractivity contribution in [2.24, 2.45) is 0 Å². The second-order valence-electron chi connectivity index (χ2n) is 4.74. The highest BCUT2D eigenvalue weighted by atomic mass is 79.9. The van der Waals surface area contributed by atoms with Crippen molar-refractivity contribution in [3.05, 3.63) is 58.6 Å². The van der Waals surface area contributed by atoms with Gasteiger partial charge in [0, 0.05) is 17.2 Å². The van der Waals surface area contributed by atoms with Crippen LogP contribution in [-0.4, -0.2) is 20.2 Å². The molecule has 2 rings (SSSR count). The Morgan fingerprint density at radius 3 is 2.25 bits per heavy atom. The van der Waals surface area contributed by atoms with Crippen molar-refractivity contribution in [2.45, 2.75) is 13.3 Å². The van der Waals surface area contributed by atoms with Crippen molar-refractivity contribution in [2.75, 3.05) is 25.1 Å². The molecule has 2 nitrogen and oxygen atoms in total. The number of halogens is 1. The van der Waals surface area contributed by atoms with Gasteiger partial charge in [-0.05, 0) is 48.4 Å². The number of ether oxygens (including phenoxy) is 1. The van der Waals surface area contributed by atoms with Crippen molar-refractivity contribution in [1.29, 1.82) is 0 Å². The molecule has 0 bridgehead atoms. The Morgan fingerprint density at radius 1 is 1.00 bits per heavy atom. The largest absolute Gasteiger partial charge is 0.492 e. The molecule has 0 aliphatic rings. The zero-order valence-electron chi connectivity index (χ0n) is 12.0. The van der Waals surface area contributed by atoms with E-state index in [2.05, 4.69) is 59.1 Å². The summed E-state index contributed by atoms with van der Waals surface area (Å²) in [4.78, 5) is 2.21. The second kappa shape index (κ2) is 7.34. The number of aryl methyl sites for hydroxylation is 1. The molecule has 3 heteroatoms. The quantitative estimate of drug-likeness (QED) is 0.770. The molecule has 0 saturated heterocycles. The minimum atomic E-state index is 0.674. The van der Waals surface area contributed by atoms with Crippen LogP contribution in [0.15, 0.2) is 53.0 Å². The summed E-state index contributed by atoms with van der Waals surface area (Å²) < 4.78 is 6.80. The first-order valence-corrected chi connectivity index (χ1v) is 7.67. The van der Waals surface area contributed by atoms with Crippen LogP contribution in [0.25, 0.3) is 0 Å². The van der Waals surface area contributed by atoms with Crippen molar-refractivity contribution in [3.63, 3.8) is 0 Å². The van der Waals surface area contributed by atoms with E-state index < -0.39 is 0 Å². The number of anilines is 1. The number of rotatable bonds is 6. The van der Waals surface area contributed by atoms with Gasteiger partial charge in [0.1, 0.15) is 12.4 Å². The van der Waals surface area contributed by atoms with E-state index in [0.29, 0.717) is 6.61 Å². The molecule has 0 heterocycles. The average Bonchev–Trinajstić information content (AvgIpc) is 2.49. The summed E-state index contributed by atoms with van der Waals surface area (Å²) >= 11 is 3.42. The highest BCUT2D eigenvalue weighted by Crippen LogP contribution is 2.17. The van der Waals surface area contributed by atoms with Crippen LogP contribution in [0.2, 0.25) is 0 Å². The standard InChI is InChI=1S/C17H20BrNO/c1-3-14-4-8-16(9-5-14)19(2)12-13-20-17-10-6-15(18)7-11-17/h4-11H,3,12-13H2,1-2H3. The van der Waals surface area contributed by atoms with Gasteiger partial charge in [0.05, 0.1) is 6.54 Å². The van der Waals surface area contributed by atoms with Crippen LogP contribution in [0.5, 0.6) is 5.75 Å². The summed E-state index contributed by atoms with van der Waals surface area (Å²) in [5, 5.41) is 0. The third-order valence-corrected chi connectivity index (χ3v) is 3.82. The molecule has 0 N–H and O–H groups in total. The zero-order valence-corrected chi connectivity index (χ0v) is 13.6. The molecule has 0 aliphatic carbocycles. The molecule has 2 aromatic carbocycles. The summed E-state index contributed by atoms with van der Waals surface area (Å²) in [6, 6.07) is 16.6. The molecule has 0 aromatic heterocycles. The molecule has 0 amide bonds. The van der Waals surface area contributed by atoms with Gasteiger partial charge < -0.3 is 9.64 Å². The molecule has 0 atom stereocenters. The average molecular weight is 334 g/mol. The van der Waals surface area contributed by atoms with Crippen molar-refractivity contribution >= 4 is 21.6 Å². The van der Waals surface area contributed by atoms with Gasteiger partial charge in [0.15, 0.2) is 0 Å². The fraction of sp³-hybridized carbons (Fsp3) is 0.294. The van der Waals surface area contributed by atoms with Gasteiger partial charge in [0.2, 0.25) is 0 Å². The molecule has 0 spiro atoms. The zero-order chi connectivity index (χ0) is 14.4. The smallest absolute Gasteiger partial charge is 0.119 e. The molecule has 0 radical (unpaired) electrons. The lowest BCUT2D eigenvalue weighted by Crippen LogP contribution is -2.23. The summed E-state index contributed by atoms with van der Waals surface area (Å²) in [6.07, 6.45) is 1.08. The molecule has 0 aliphatic heterocycles. The molecule has 20 heavy (non-hydrogen) atoms. The van der Waals surface area contributed by atoms with Crippen LogP contribution >= 0.6 is 15.9 Å². The Balaban J connectivity index is 1.82. The van der Waals surface area contributed by atoms with Gasteiger partial charge in [0.25, 0.3) is 0 Å². The van der Waals surface area contributed by atoms with E-state index in [9.17, 15) is 0 Å². The first-order valence-electron chi connectivity index (χ1n) is 6.87. The van der Waals surface area contributed by atoms with Gasteiger partial charge in [-0.2, -0.15) is 0 Å². The van der Waals surface area contributed by atoms with Crippen LogP contribution in [0, 0.1) is 0 Å². The third-order valence-electron chi connectivity index (χ3n) is 3.29. The van der Waals surface area contributed by atoms with Crippen LogP contribution in [0.4, 0.5) is 5.69 Å². The fourth-order valence-electron chi connectivity index (χ4n) is 1.95. The van der Waals surface area contributed by atoms with E-state index in [1.54, 1.807) is 0 Å². The topological polar surface area (TPSA) is 12.5 Å². The van der Waals surface area contributed by atoms with Gasteiger partial charge in [-0.3, -0.25) is 0 Å². The highest BCUT2D eigenvalue weighted by Gasteiger charge is 2.01. The van der Waals surface area contributed by atoms with E-state index in [1.807, 2.05) is 24.3 Å². The molecule has 0 fully saturated rings. The minimum absolute atomic E-state index is 0.674. The Kier molecular flexibility index (Phi) is 5.48. The van der Waals surface area contributed by atoms with Crippen molar-refractivity contribution < 1.29 is 4.74 Å². The summed E-state index contributed by atoms with van der Waals surface area (Å²) in [7, 11) is 2.09. The maximum atomic E-state index is 5.74. The first kappa shape index (κ1) is 14.9. The highest BCUT2D eigenvalue weighted by molar-refractivity contribution is 9.10. The van der Waals surface area contributed by atoms with E-state index >= 15 is 0 Å². The van der Waals surface area contributed by atoms with Crippen LogP contribution in [0.3, 0.4) is 0 Å². The van der Waals surface area contributed by atoms with Crippen LogP contribution in [-0.2, 0) is 6.42 Å². The van der Waals surface area contributed by atoms with Gasteiger partial charge in [-0.25, -0.2) is 0 Å². The third kappa shape index (κ3) is 4.27. The van der Waals surface area contributed by atoms with Crippen molar-refractivity contribution in [3.8, 4) is 5.75 Å². The van der Waals surface area contributed by atoms with Crippen LogP contribution in [0.1, 0.15) is 12.5 Å². The van der Waals surface area contributed by atoms with E-state index in [1.165, 1.54) is 11.3 Å². The molecule has 0 saturated carbocycles. The Labute approximate surface area is 129 Å². The van der Waals surface area contributed by atoms with E-state index in [-0.39, 0.29) is 0 Å². The summed E-state index contributed by atoms with van der Waals surface area (Å²) in [6.45, 7) is 3.71. The molecular formula is C17H20BrNO. The Bertz CT molecular complexity index is 522. The predicted octanol–water partition coefficient (Wildman–Crippen LogP) is 4.53. The van der Waals surface area contributed by atoms with Crippen LogP contribution < -0.4 is 9.64 Å². The maximum absolute atomic E-state index is 5.74. The predicted molar refractivity (Wildman–Crippen MR) is 88.7 cm³/mol. The monoisotopic (exact) mass is 333 g/mol. The van der Waals surface area contributed by atoms with E-state index in [4.69, 9.17) is 4.74 Å². The number of hydrogen-bond acceptors (Lipinski definition) is 2. The van der Waals surface area contributed by atoms with Gasteiger partial charge in [-0.1, -0.05) is 35.0 Å². The molecular weight excluding hydrogens is 314 g/mol. The lowest BCUT2D eigenvalue weighted by molar-refractivity contribution is 0.326. The Hall–Kier alpha value is -1.48. The molecule has 106 valence electrons. The van der Waals surface area contributed by atoms with Gasteiger partial charge >= 0.3 is 0 Å². The number of nitrogens with zero attached hydrogens (tertiary/aromatic N) is 1. The van der Waals surface area contributed by atoms with Gasteiger partial charge in [-0.15, -0.1) is 0 Å². The number of hydrogen-bond donors (Lipinski definition) is 0. The fourth-order valence-corrected chi connectivity index (χ4v) is 2.21. The lowest BCUT2D eigenvalue weighted by Gasteiger charge is -2.19. The Morgan fingerprint density at radius 2 is 1.65 bits per heavy atom. The number of benzene rings is 2. The van der Waals surface area contributed by atoms with E-state index in [0.717, 1.165) is 23.2 Å². The molecule has 0 unspecified atom stereocenters. The summed E-state index contributed by atoms with van der Waals surface area (Å²) in [5.41, 5.74) is 2.59. The maximum Gasteiger partial charge on any atom is 0.119 e.